The number of carbonyl (C=O) groups is 1. The van der Waals surface area contributed by atoms with Crippen molar-refractivity contribution in [3.8, 4) is 0 Å². The Bertz CT molecular complexity index is 536. The lowest BCUT2D eigenvalue weighted by atomic mass is 9.97. The maximum atomic E-state index is 11.4. The van der Waals surface area contributed by atoms with Crippen LogP contribution in [0.1, 0.15) is 30.1 Å². The number of methoxy groups -OCH3 is 1. The minimum Gasteiger partial charge on any atom is -0.384 e. The summed E-state index contributed by atoms with van der Waals surface area (Å²) in [5.41, 5.74) is 0.980. The zero-order valence-corrected chi connectivity index (χ0v) is 12.4. The standard InChI is InChI=1S/C15H20N2O4/c1-11(18)13-3-4-14(15(9-13)17(19)20)16-7-5-12(6-8-16)10-21-2/h3-4,9,12H,5-8,10H2,1-2H3. The van der Waals surface area contributed by atoms with Crippen LogP contribution in [0.3, 0.4) is 0 Å². The quantitative estimate of drug-likeness (QED) is 0.474. The lowest BCUT2D eigenvalue weighted by Crippen LogP contribution is -2.35. The molecule has 0 spiro atoms. The van der Waals surface area contributed by atoms with E-state index < -0.39 is 4.92 Å². The van der Waals surface area contributed by atoms with E-state index in [1.165, 1.54) is 13.0 Å². The van der Waals surface area contributed by atoms with E-state index in [2.05, 4.69) is 0 Å². The van der Waals surface area contributed by atoms with Gasteiger partial charge in [0.05, 0.1) is 4.92 Å². The predicted molar refractivity (Wildman–Crippen MR) is 79.9 cm³/mol. The highest BCUT2D eigenvalue weighted by Crippen LogP contribution is 2.32. The molecule has 6 nitrogen and oxygen atoms in total. The van der Waals surface area contributed by atoms with E-state index in [0.29, 0.717) is 17.2 Å². The largest absolute Gasteiger partial charge is 0.384 e. The van der Waals surface area contributed by atoms with Crippen LogP contribution in [-0.4, -0.2) is 37.5 Å². The van der Waals surface area contributed by atoms with E-state index in [0.717, 1.165) is 32.5 Å². The molecule has 1 fully saturated rings. The van der Waals surface area contributed by atoms with Crippen molar-refractivity contribution in [3.05, 3.63) is 33.9 Å². The first-order valence-corrected chi connectivity index (χ1v) is 7.06. The molecule has 0 unspecified atom stereocenters. The highest BCUT2D eigenvalue weighted by molar-refractivity contribution is 5.95. The molecular formula is C15H20N2O4. The number of nitro groups is 1. The number of benzene rings is 1. The monoisotopic (exact) mass is 292 g/mol. The van der Waals surface area contributed by atoms with Crippen LogP contribution in [0.25, 0.3) is 0 Å². The third-order valence-corrected chi connectivity index (χ3v) is 3.94. The van der Waals surface area contributed by atoms with Crippen LogP contribution in [0.15, 0.2) is 18.2 Å². The van der Waals surface area contributed by atoms with E-state index in [4.69, 9.17) is 4.74 Å². The van der Waals surface area contributed by atoms with Gasteiger partial charge in [0.25, 0.3) is 5.69 Å². The maximum Gasteiger partial charge on any atom is 0.293 e. The number of rotatable bonds is 5. The van der Waals surface area contributed by atoms with Crippen LogP contribution in [0.5, 0.6) is 0 Å². The molecule has 1 aliphatic heterocycles. The van der Waals surface area contributed by atoms with Gasteiger partial charge >= 0.3 is 0 Å². The Kier molecular flexibility index (Phi) is 4.90. The molecule has 0 aromatic heterocycles. The lowest BCUT2D eigenvalue weighted by molar-refractivity contribution is -0.384. The minimum atomic E-state index is -0.414. The summed E-state index contributed by atoms with van der Waals surface area (Å²) in [7, 11) is 1.69. The highest BCUT2D eigenvalue weighted by atomic mass is 16.6. The number of hydrogen-bond donors (Lipinski definition) is 0. The molecule has 0 saturated carbocycles. The van der Waals surface area contributed by atoms with Gasteiger partial charge in [-0.15, -0.1) is 0 Å². The zero-order chi connectivity index (χ0) is 15.4. The van der Waals surface area contributed by atoms with Crippen LogP contribution in [0, 0.1) is 16.0 Å². The van der Waals surface area contributed by atoms with Gasteiger partial charge in [0, 0.05) is 38.4 Å². The molecule has 21 heavy (non-hydrogen) atoms. The average molecular weight is 292 g/mol. The number of nitro benzene ring substituents is 1. The Balaban J connectivity index is 2.20. The number of anilines is 1. The molecule has 0 radical (unpaired) electrons. The van der Waals surface area contributed by atoms with Crippen molar-refractivity contribution in [2.24, 2.45) is 5.92 Å². The van der Waals surface area contributed by atoms with Crippen molar-refractivity contribution < 1.29 is 14.5 Å². The van der Waals surface area contributed by atoms with Gasteiger partial charge in [-0.3, -0.25) is 14.9 Å². The molecule has 0 N–H and O–H groups in total. The van der Waals surface area contributed by atoms with Crippen LogP contribution >= 0.6 is 0 Å². The summed E-state index contributed by atoms with van der Waals surface area (Å²) in [5.74, 6) is 0.352. The molecule has 0 amide bonds. The van der Waals surface area contributed by atoms with Gasteiger partial charge in [-0.25, -0.2) is 0 Å². The maximum absolute atomic E-state index is 11.4. The fourth-order valence-electron chi connectivity index (χ4n) is 2.73. The molecule has 1 saturated heterocycles. The highest BCUT2D eigenvalue weighted by Gasteiger charge is 2.25. The molecule has 1 aromatic rings. The van der Waals surface area contributed by atoms with Crippen molar-refractivity contribution >= 4 is 17.2 Å². The molecular weight excluding hydrogens is 272 g/mol. The Hall–Kier alpha value is -1.95. The van der Waals surface area contributed by atoms with Gasteiger partial charge in [0.1, 0.15) is 5.69 Å². The fraction of sp³-hybridized carbons (Fsp3) is 0.533. The summed E-state index contributed by atoms with van der Waals surface area (Å²) in [6, 6.07) is 4.72. The molecule has 1 aromatic carbocycles. The molecule has 0 bridgehead atoms. The van der Waals surface area contributed by atoms with Gasteiger partial charge < -0.3 is 9.64 Å². The summed E-state index contributed by atoms with van der Waals surface area (Å²) in [4.78, 5) is 24.2. The number of carbonyl (C=O) groups excluding carboxylic acids is 1. The fourth-order valence-corrected chi connectivity index (χ4v) is 2.73. The smallest absolute Gasteiger partial charge is 0.293 e. The number of hydrogen-bond acceptors (Lipinski definition) is 5. The van der Waals surface area contributed by atoms with Gasteiger partial charge in [0.2, 0.25) is 0 Å². The molecule has 1 heterocycles. The third kappa shape index (κ3) is 3.58. The van der Waals surface area contributed by atoms with Gasteiger partial charge in [-0.2, -0.15) is 0 Å². The first-order chi connectivity index (χ1) is 10.0. The van der Waals surface area contributed by atoms with Crippen LogP contribution in [-0.2, 0) is 4.74 Å². The number of piperidine rings is 1. The van der Waals surface area contributed by atoms with E-state index in [1.54, 1.807) is 19.2 Å². The van der Waals surface area contributed by atoms with E-state index in [9.17, 15) is 14.9 Å². The van der Waals surface area contributed by atoms with E-state index in [-0.39, 0.29) is 11.5 Å². The summed E-state index contributed by atoms with van der Waals surface area (Å²) < 4.78 is 5.16. The normalized spacial score (nSPS) is 16.0. The third-order valence-electron chi connectivity index (χ3n) is 3.94. The second-order valence-corrected chi connectivity index (χ2v) is 5.40. The molecule has 2 rings (SSSR count). The Morgan fingerprint density at radius 1 is 1.43 bits per heavy atom. The van der Waals surface area contributed by atoms with Crippen LogP contribution < -0.4 is 4.90 Å². The summed E-state index contributed by atoms with van der Waals surface area (Å²) in [6.07, 6.45) is 1.92. The zero-order valence-electron chi connectivity index (χ0n) is 12.4. The van der Waals surface area contributed by atoms with E-state index >= 15 is 0 Å². The van der Waals surface area contributed by atoms with Crippen LogP contribution in [0.2, 0.25) is 0 Å². The number of ketones is 1. The first-order valence-electron chi connectivity index (χ1n) is 7.06. The van der Waals surface area contributed by atoms with Crippen molar-refractivity contribution in [2.45, 2.75) is 19.8 Å². The number of Topliss-reactive ketones (excluding diaryl/α,β-unsaturated/α-hetero) is 1. The molecule has 1 aliphatic rings. The topological polar surface area (TPSA) is 72.7 Å². The Morgan fingerprint density at radius 3 is 2.62 bits per heavy atom. The molecule has 0 atom stereocenters. The van der Waals surface area contributed by atoms with Crippen molar-refractivity contribution in [1.82, 2.24) is 0 Å². The number of ether oxygens (including phenoxy) is 1. The molecule has 0 aliphatic carbocycles. The second-order valence-electron chi connectivity index (χ2n) is 5.40. The summed E-state index contributed by atoms with van der Waals surface area (Å²) in [6.45, 7) is 3.69. The Morgan fingerprint density at radius 2 is 2.10 bits per heavy atom. The van der Waals surface area contributed by atoms with Crippen molar-refractivity contribution in [3.63, 3.8) is 0 Å². The SMILES string of the molecule is COCC1CCN(c2ccc(C(C)=O)cc2[N+](=O)[O-])CC1. The second kappa shape index (κ2) is 6.67. The summed E-state index contributed by atoms with van der Waals surface area (Å²) >= 11 is 0. The predicted octanol–water partition coefficient (Wildman–Crippen LogP) is 2.66. The van der Waals surface area contributed by atoms with Crippen LogP contribution in [0.4, 0.5) is 11.4 Å². The van der Waals surface area contributed by atoms with E-state index in [1.807, 2.05) is 4.90 Å². The number of nitrogens with zero attached hydrogens (tertiary/aromatic N) is 2. The van der Waals surface area contributed by atoms with Crippen molar-refractivity contribution in [2.75, 3.05) is 31.7 Å². The van der Waals surface area contributed by atoms with Gasteiger partial charge in [-0.1, -0.05) is 0 Å². The van der Waals surface area contributed by atoms with Crippen molar-refractivity contribution in [1.29, 1.82) is 0 Å². The average Bonchev–Trinajstić information content (AvgIpc) is 2.47. The molecule has 114 valence electrons. The first kappa shape index (κ1) is 15.4. The lowest BCUT2D eigenvalue weighted by Gasteiger charge is -2.33. The van der Waals surface area contributed by atoms with Gasteiger partial charge in [-0.05, 0) is 37.8 Å². The minimum absolute atomic E-state index is 0.00731. The van der Waals surface area contributed by atoms with Gasteiger partial charge in [0.15, 0.2) is 5.78 Å². The Labute approximate surface area is 123 Å². The molecule has 6 heteroatoms. The summed E-state index contributed by atoms with van der Waals surface area (Å²) in [5, 5.41) is 11.3.